The zero-order valence-electron chi connectivity index (χ0n) is 17.2. The maximum Gasteiger partial charge on any atom is 0.242 e. The van der Waals surface area contributed by atoms with E-state index in [-0.39, 0.29) is 24.9 Å². The van der Waals surface area contributed by atoms with Gasteiger partial charge in [0.05, 0.1) is 6.54 Å². The largest absolute Gasteiger partial charge is 0.341 e. The average molecular weight is 392 g/mol. The van der Waals surface area contributed by atoms with Gasteiger partial charge in [-0.05, 0) is 57.8 Å². The average Bonchev–Trinajstić information content (AvgIpc) is 2.71. The van der Waals surface area contributed by atoms with Crippen molar-refractivity contribution in [1.29, 1.82) is 0 Å². The summed E-state index contributed by atoms with van der Waals surface area (Å²) in [5.41, 5.74) is 12.0. The van der Waals surface area contributed by atoms with Gasteiger partial charge in [-0.25, -0.2) is 0 Å². The van der Waals surface area contributed by atoms with E-state index in [1.54, 1.807) is 9.80 Å². The molecule has 1 rings (SSSR count). The van der Waals surface area contributed by atoms with Crippen molar-refractivity contribution in [3.8, 4) is 0 Å². The molecular weight excluding hydrogens is 354 g/mol. The molecule has 0 aromatic heterocycles. The number of nitrogens with two attached hydrogens (primary N) is 2. The van der Waals surface area contributed by atoms with Crippen LogP contribution in [0.2, 0.25) is 0 Å². The molecule has 7 nitrogen and oxygen atoms in total. The fourth-order valence-electron chi connectivity index (χ4n) is 2.91. The van der Waals surface area contributed by atoms with E-state index in [0.717, 1.165) is 37.8 Å². The van der Waals surface area contributed by atoms with Gasteiger partial charge in [0.1, 0.15) is 6.54 Å². The van der Waals surface area contributed by atoms with Crippen LogP contribution >= 0.6 is 0 Å². The van der Waals surface area contributed by atoms with Crippen molar-refractivity contribution >= 4 is 11.8 Å². The van der Waals surface area contributed by atoms with E-state index in [0.29, 0.717) is 32.7 Å². The summed E-state index contributed by atoms with van der Waals surface area (Å²) >= 11 is 0. The first-order valence-corrected chi connectivity index (χ1v) is 10.3. The lowest BCUT2D eigenvalue weighted by Gasteiger charge is -2.27. The molecule has 0 atom stereocenters. The number of unbranched alkanes of at least 4 members (excludes halogenated alkanes) is 2. The molecule has 0 aliphatic carbocycles. The second-order valence-corrected chi connectivity index (χ2v) is 6.88. The number of benzene rings is 1. The Morgan fingerprint density at radius 2 is 1.61 bits per heavy atom. The lowest BCUT2D eigenvalue weighted by atomic mass is 10.2. The fraction of sp³-hybridized carbons (Fsp3) is 0.619. The van der Waals surface area contributed by atoms with Gasteiger partial charge in [-0.2, -0.15) is 0 Å². The highest BCUT2D eigenvalue weighted by atomic mass is 16.2. The van der Waals surface area contributed by atoms with Crippen molar-refractivity contribution in [2.45, 2.75) is 39.2 Å². The third kappa shape index (κ3) is 9.82. The summed E-state index contributed by atoms with van der Waals surface area (Å²) in [6.07, 6.45) is 3.64. The summed E-state index contributed by atoms with van der Waals surface area (Å²) in [5, 5.41) is 3.16. The zero-order chi connectivity index (χ0) is 20.6. The van der Waals surface area contributed by atoms with Crippen molar-refractivity contribution < 1.29 is 9.59 Å². The van der Waals surface area contributed by atoms with Gasteiger partial charge >= 0.3 is 0 Å². The summed E-state index contributed by atoms with van der Waals surface area (Å²) in [6, 6.07) is 9.76. The van der Waals surface area contributed by atoms with E-state index in [4.69, 9.17) is 11.5 Å². The highest BCUT2D eigenvalue weighted by Crippen LogP contribution is 2.06. The van der Waals surface area contributed by atoms with Crippen LogP contribution in [0.25, 0.3) is 0 Å². The molecular formula is C21H37N5O2. The maximum absolute atomic E-state index is 12.8. The Balaban J connectivity index is 2.67. The van der Waals surface area contributed by atoms with Crippen LogP contribution in [0.4, 0.5) is 0 Å². The number of nitrogens with one attached hydrogen (secondary N) is 1. The second-order valence-electron chi connectivity index (χ2n) is 6.88. The fourth-order valence-corrected chi connectivity index (χ4v) is 2.91. The lowest BCUT2D eigenvalue weighted by molar-refractivity contribution is -0.140. The van der Waals surface area contributed by atoms with E-state index in [2.05, 4.69) is 5.32 Å². The normalized spacial score (nSPS) is 10.7. The minimum absolute atomic E-state index is 0.0214. The van der Waals surface area contributed by atoms with E-state index in [1.807, 2.05) is 37.3 Å². The van der Waals surface area contributed by atoms with Gasteiger partial charge in [0.15, 0.2) is 0 Å². The maximum atomic E-state index is 12.8. The summed E-state index contributed by atoms with van der Waals surface area (Å²) < 4.78 is 0. The highest BCUT2D eigenvalue weighted by Gasteiger charge is 2.20. The smallest absolute Gasteiger partial charge is 0.242 e. The monoisotopic (exact) mass is 391 g/mol. The van der Waals surface area contributed by atoms with E-state index in [9.17, 15) is 9.59 Å². The van der Waals surface area contributed by atoms with Crippen molar-refractivity contribution in [3.63, 3.8) is 0 Å². The topological polar surface area (TPSA) is 105 Å². The molecule has 28 heavy (non-hydrogen) atoms. The first-order chi connectivity index (χ1) is 13.6. The molecule has 7 heteroatoms. The van der Waals surface area contributed by atoms with Gasteiger partial charge in [-0.3, -0.25) is 9.59 Å². The Morgan fingerprint density at radius 3 is 2.25 bits per heavy atom. The lowest BCUT2D eigenvalue weighted by Crippen LogP contribution is -2.45. The standard InChI is InChI=1S/C21H37N5O2/c1-2-25(15-9-7-13-23)21(28)18-26(17-19-10-4-3-5-11-19)20(27)16-24-14-8-6-12-22/h3-5,10-11,24H,2,6-9,12-18,22-23H2,1H3. The minimum atomic E-state index is -0.0667. The predicted octanol–water partition coefficient (Wildman–Crippen LogP) is 0.931. The first kappa shape index (κ1) is 24.1. The van der Waals surface area contributed by atoms with E-state index in [1.165, 1.54) is 0 Å². The van der Waals surface area contributed by atoms with Gasteiger partial charge in [-0.1, -0.05) is 30.3 Å². The van der Waals surface area contributed by atoms with Crippen LogP contribution in [0.1, 0.15) is 38.2 Å². The number of rotatable bonds is 15. The van der Waals surface area contributed by atoms with Gasteiger partial charge in [0.2, 0.25) is 11.8 Å². The first-order valence-electron chi connectivity index (χ1n) is 10.3. The Bertz CT molecular complexity index is 553. The molecule has 0 aliphatic heterocycles. The Hall–Kier alpha value is -1.96. The molecule has 1 aromatic rings. The third-order valence-corrected chi connectivity index (χ3v) is 4.60. The van der Waals surface area contributed by atoms with Crippen LogP contribution in [0, 0.1) is 0 Å². The number of amides is 2. The number of nitrogens with zero attached hydrogens (tertiary/aromatic N) is 2. The number of carbonyl (C=O) groups is 2. The molecule has 158 valence electrons. The molecule has 0 spiro atoms. The van der Waals surface area contributed by atoms with Crippen LogP contribution in [0.5, 0.6) is 0 Å². The molecule has 0 heterocycles. The summed E-state index contributed by atoms with van der Waals surface area (Å²) in [7, 11) is 0. The van der Waals surface area contributed by atoms with Crippen molar-refractivity contribution in [2.24, 2.45) is 11.5 Å². The highest BCUT2D eigenvalue weighted by molar-refractivity contribution is 5.85. The van der Waals surface area contributed by atoms with Gasteiger partial charge < -0.3 is 26.6 Å². The van der Waals surface area contributed by atoms with E-state index < -0.39 is 0 Å². The number of carbonyl (C=O) groups excluding carboxylic acids is 2. The predicted molar refractivity (Wildman–Crippen MR) is 114 cm³/mol. The van der Waals surface area contributed by atoms with Crippen LogP contribution in [0.3, 0.4) is 0 Å². The van der Waals surface area contributed by atoms with Crippen LogP contribution in [0.15, 0.2) is 30.3 Å². The van der Waals surface area contributed by atoms with E-state index >= 15 is 0 Å². The minimum Gasteiger partial charge on any atom is -0.341 e. The van der Waals surface area contributed by atoms with Crippen LogP contribution < -0.4 is 16.8 Å². The Labute approximate surface area is 169 Å². The van der Waals surface area contributed by atoms with Crippen LogP contribution in [-0.2, 0) is 16.1 Å². The van der Waals surface area contributed by atoms with Gasteiger partial charge in [0.25, 0.3) is 0 Å². The molecule has 0 fully saturated rings. The van der Waals surface area contributed by atoms with Gasteiger partial charge in [-0.15, -0.1) is 0 Å². The molecule has 0 saturated heterocycles. The Morgan fingerprint density at radius 1 is 0.929 bits per heavy atom. The third-order valence-electron chi connectivity index (χ3n) is 4.60. The van der Waals surface area contributed by atoms with Crippen LogP contribution in [-0.4, -0.2) is 67.4 Å². The molecule has 0 bridgehead atoms. The summed E-state index contributed by atoms with van der Waals surface area (Å²) in [6.45, 7) is 6.04. The molecule has 0 unspecified atom stereocenters. The summed E-state index contributed by atoms with van der Waals surface area (Å²) in [4.78, 5) is 28.9. The molecule has 5 N–H and O–H groups in total. The summed E-state index contributed by atoms with van der Waals surface area (Å²) in [5.74, 6) is -0.0881. The molecule has 1 aromatic carbocycles. The number of hydrogen-bond acceptors (Lipinski definition) is 5. The molecule has 0 radical (unpaired) electrons. The van der Waals surface area contributed by atoms with Crippen molar-refractivity contribution in [3.05, 3.63) is 35.9 Å². The van der Waals surface area contributed by atoms with Crippen molar-refractivity contribution in [1.82, 2.24) is 15.1 Å². The Kier molecular flexibility index (Phi) is 12.9. The molecule has 0 saturated carbocycles. The second kappa shape index (κ2) is 15.0. The molecule has 0 aliphatic rings. The SMILES string of the molecule is CCN(CCCCN)C(=O)CN(Cc1ccccc1)C(=O)CNCCCCN. The van der Waals surface area contributed by atoms with Gasteiger partial charge in [0, 0.05) is 19.6 Å². The number of hydrogen-bond donors (Lipinski definition) is 3. The van der Waals surface area contributed by atoms with Crippen molar-refractivity contribution in [2.75, 3.05) is 45.8 Å². The molecule has 2 amide bonds. The quantitative estimate of drug-likeness (QED) is 0.386. The number of likely N-dealkylation sites (N-methyl/N-ethyl adjacent to an activating group) is 1. The zero-order valence-corrected chi connectivity index (χ0v) is 17.2.